The molecule has 18 heavy (non-hydrogen) atoms. The number of ether oxygens (including phenoxy) is 1. The van der Waals surface area contributed by atoms with Gasteiger partial charge in [-0.25, -0.2) is 9.78 Å². The molecular formula is C11H11BrN2O4. The molecule has 1 unspecified atom stereocenters. The zero-order valence-electron chi connectivity index (χ0n) is 9.38. The molecule has 1 aromatic rings. The van der Waals surface area contributed by atoms with E-state index >= 15 is 0 Å². The fourth-order valence-corrected chi connectivity index (χ4v) is 1.95. The minimum atomic E-state index is -1.06. The largest absolute Gasteiger partial charge is 0.480 e. The van der Waals surface area contributed by atoms with Crippen LogP contribution in [-0.4, -0.2) is 52.7 Å². The molecule has 1 amide bonds. The molecule has 1 aliphatic heterocycles. The molecule has 1 aliphatic rings. The summed E-state index contributed by atoms with van der Waals surface area (Å²) in [6, 6.07) is 2.31. The van der Waals surface area contributed by atoms with Crippen molar-refractivity contribution in [2.24, 2.45) is 0 Å². The van der Waals surface area contributed by atoms with Gasteiger partial charge in [0.15, 0.2) is 6.04 Å². The average Bonchev–Trinajstić information content (AvgIpc) is 2.39. The number of halogens is 1. The van der Waals surface area contributed by atoms with Gasteiger partial charge in [0.25, 0.3) is 5.91 Å². The molecule has 6 nitrogen and oxygen atoms in total. The quantitative estimate of drug-likeness (QED) is 0.816. The summed E-state index contributed by atoms with van der Waals surface area (Å²) in [6.07, 6.45) is 1.42. The minimum absolute atomic E-state index is 0.0189. The van der Waals surface area contributed by atoms with Crippen molar-refractivity contribution in [2.45, 2.75) is 6.04 Å². The molecule has 1 saturated heterocycles. The summed E-state index contributed by atoms with van der Waals surface area (Å²) in [5.41, 5.74) is 0.367. The lowest BCUT2D eigenvalue weighted by molar-refractivity contribution is -0.147. The first kappa shape index (κ1) is 13.0. The van der Waals surface area contributed by atoms with E-state index in [2.05, 4.69) is 20.9 Å². The van der Waals surface area contributed by atoms with Crippen LogP contribution in [0.25, 0.3) is 0 Å². The van der Waals surface area contributed by atoms with Crippen molar-refractivity contribution < 1.29 is 19.4 Å². The lowest BCUT2D eigenvalue weighted by Gasteiger charge is -2.32. The minimum Gasteiger partial charge on any atom is -0.480 e. The molecule has 0 aliphatic carbocycles. The monoisotopic (exact) mass is 314 g/mol. The lowest BCUT2D eigenvalue weighted by atomic mass is 10.1. The number of nitrogens with zero attached hydrogens (tertiary/aromatic N) is 2. The van der Waals surface area contributed by atoms with Gasteiger partial charge < -0.3 is 14.7 Å². The van der Waals surface area contributed by atoms with Crippen molar-refractivity contribution in [2.75, 3.05) is 19.8 Å². The standard InChI is InChI=1S/C11H11BrN2O4/c12-9-2-1-7(5-13-9)10(15)14-3-4-18-6-8(14)11(16)17/h1-2,5,8H,3-4,6H2,(H,16,17). The first-order valence-corrected chi connectivity index (χ1v) is 6.12. The zero-order valence-corrected chi connectivity index (χ0v) is 11.0. The number of morpholine rings is 1. The number of carbonyl (C=O) groups excluding carboxylic acids is 1. The number of aromatic nitrogens is 1. The third kappa shape index (κ3) is 2.68. The molecule has 0 aromatic carbocycles. The molecular weight excluding hydrogens is 304 g/mol. The van der Waals surface area contributed by atoms with E-state index in [1.54, 1.807) is 12.1 Å². The van der Waals surface area contributed by atoms with Crippen molar-refractivity contribution in [3.63, 3.8) is 0 Å². The third-order valence-electron chi connectivity index (χ3n) is 2.65. The molecule has 96 valence electrons. The molecule has 2 rings (SSSR count). The van der Waals surface area contributed by atoms with Gasteiger partial charge in [-0.3, -0.25) is 4.79 Å². The van der Waals surface area contributed by atoms with E-state index in [0.29, 0.717) is 16.8 Å². The van der Waals surface area contributed by atoms with Gasteiger partial charge in [-0.15, -0.1) is 0 Å². The number of rotatable bonds is 2. The Morgan fingerprint density at radius 3 is 2.89 bits per heavy atom. The normalized spacial score (nSPS) is 19.6. The smallest absolute Gasteiger partial charge is 0.328 e. The van der Waals surface area contributed by atoms with Gasteiger partial charge in [-0.05, 0) is 28.1 Å². The molecule has 1 aromatic heterocycles. The highest BCUT2D eigenvalue weighted by molar-refractivity contribution is 9.10. The predicted octanol–water partition coefficient (Wildman–Crippen LogP) is 0.770. The van der Waals surface area contributed by atoms with E-state index in [0.717, 1.165) is 0 Å². The fourth-order valence-electron chi connectivity index (χ4n) is 1.72. The lowest BCUT2D eigenvalue weighted by Crippen LogP contribution is -2.52. The van der Waals surface area contributed by atoms with Crippen LogP contribution in [0.2, 0.25) is 0 Å². The van der Waals surface area contributed by atoms with E-state index in [1.807, 2.05) is 0 Å². The van der Waals surface area contributed by atoms with Crippen molar-refractivity contribution in [1.82, 2.24) is 9.88 Å². The Balaban J connectivity index is 2.20. The van der Waals surface area contributed by atoms with E-state index in [4.69, 9.17) is 9.84 Å². The van der Waals surface area contributed by atoms with Crippen LogP contribution in [0.5, 0.6) is 0 Å². The van der Waals surface area contributed by atoms with Gasteiger partial charge in [0.1, 0.15) is 4.60 Å². The highest BCUT2D eigenvalue weighted by Gasteiger charge is 2.33. The number of aliphatic carboxylic acids is 1. The topological polar surface area (TPSA) is 79.7 Å². The molecule has 0 radical (unpaired) electrons. The second-order valence-corrected chi connectivity index (χ2v) is 4.61. The van der Waals surface area contributed by atoms with E-state index in [1.165, 1.54) is 11.1 Å². The summed E-state index contributed by atoms with van der Waals surface area (Å²) in [5, 5.41) is 9.05. The Morgan fingerprint density at radius 1 is 1.50 bits per heavy atom. The van der Waals surface area contributed by atoms with Crippen molar-refractivity contribution in [3.05, 3.63) is 28.5 Å². The molecule has 0 spiro atoms. The molecule has 2 heterocycles. The average molecular weight is 315 g/mol. The maximum atomic E-state index is 12.2. The van der Waals surface area contributed by atoms with Crippen LogP contribution in [0, 0.1) is 0 Å². The first-order chi connectivity index (χ1) is 8.59. The summed E-state index contributed by atoms with van der Waals surface area (Å²) in [5.74, 6) is -1.40. The van der Waals surface area contributed by atoms with Crippen LogP contribution in [0.15, 0.2) is 22.9 Å². The number of carboxylic acids is 1. The number of amides is 1. The van der Waals surface area contributed by atoms with Crippen molar-refractivity contribution >= 4 is 27.8 Å². The van der Waals surface area contributed by atoms with E-state index in [9.17, 15) is 9.59 Å². The van der Waals surface area contributed by atoms with Crippen LogP contribution in [0.1, 0.15) is 10.4 Å². The predicted molar refractivity (Wildman–Crippen MR) is 65.2 cm³/mol. The highest BCUT2D eigenvalue weighted by Crippen LogP contribution is 2.14. The van der Waals surface area contributed by atoms with Crippen LogP contribution in [-0.2, 0) is 9.53 Å². The number of hydrogen-bond donors (Lipinski definition) is 1. The van der Waals surface area contributed by atoms with Crippen LogP contribution in [0.3, 0.4) is 0 Å². The Morgan fingerprint density at radius 2 is 2.28 bits per heavy atom. The number of carbonyl (C=O) groups is 2. The molecule has 1 atom stereocenters. The summed E-state index contributed by atoms with van der Waals surface area (Å²) in [4.78, 5) is 28.5. The number of hydrogen-bond acceptors (Lipinski definition) is 4. The van der Waals surface area contributed by atoms with Crippen LogP contribution < -0.4 is 0 Å². The molecule has 0 bridgehead atoms. The molecule has 7 heteroatoms. The van der Waals surface area contributed by atoms with E-state index < -0.39 is 12.0 Å². The van der Waals surface area contributed by atoms with Gasteiger partial charge in [0.05, 0.1) is 18.8 Å². The Hall–Kier alpha value is -1.47. The summed E-state index contributed by atoms with van der Waals surface area (Å²) in [7, 11) is 0. The van der Waals surface area contributed by atoms with Gasteiger partial charge in [0.2, 0.25) is 0 Å². The van der Waals surface area contributed by atoms with Gasteiger partial charge in [0, 0.05) is 12.7 Å². The van der Waals surface area contributed by atoms with Gasteiger partial charge in [-0.1, -0.05) is 0 Å². The zero-order chi connectivity index (χ0) is 13.1. The second kappa shape index (κ2) is 5.45. The summed E-state index contributed by atoms with van der Waals surface area (Å²) in [6.45, 7) is 0.635. The third-order valence-corrected chi connectivity index (χ3v) is 3.12. The van der Waals surface area contributed by atoms with Crippen molar-refractivity contribution in [3.8, 4) is 0 Å². The van der Waals surface area contributed by atoms with Gasteiger partial charge >= 0.3 is 5.97 Å². The summed E-state index contributed by atoms with van der Waals surface area (Å²) >= 11 is 3.18. The molecule has 1 fully saturated rings. The Kier molecular flexibility index (Phi) is 3.93. The van der Waals surface area contributed by atoms with Crippen LogP contribution >= 0.6 is 15.9 Å². The second-order valence-electron chi connectivity index (χ2n) is 3.80. The summed E-state index contributed by atoms with van der Waals surface area (Å²) < 4.78 is 5.70. The van der Waals surface area contributed by atoms with E-state index in [-0.39, 0.29) is 19.1 Å². The maximum absolute atomic E-state index is 12.2. The number of pyridine rings is 1. The highest BCUT2D eigenvalue weighted by atomic mass is 79.9. The molecule has 1 N–H and O–H groups in total. The Bertz CT molecular complexity index is 463. The van der Waals surface area contributed by atoms with Crippen LogP contribution in [0.4, 0.5) is 0 Å². The SMILES string of the molecule is O=C(O)C1COCCN1C(=O)c1ccc(Br)nc1. The maximum Gasteiger partial charge on any atom is 0.328 e. The Labute approximate surface area is 112 Å². The van der Waals surface area contributed by atoms with Gasteiger partial charge in [-0.2, -0.15) is 0 Å². The molecule has 0 saturated carbocycles. The number of carboxylic acid groups (broad SMARTS) is 1. The fraction of sp³-hybridized carbons (Fsp3) is 0.364. The first-order valence-electron chi connectivity index (χ1n) is 5.32. The van der Waals surface area contributed by atoms with Crippen molar-refractivity contribution in [1.29, 1.82) is 0 Å².